The predicted molar refractivity (Wildman–Crippen MR) is 103 cm³/mol. The molecule has 1 aliphatic rings. The van der Waals surface area contributed by atoms with E-state index < -0.39 is 0 Å². The Balaban J connectivity index is 1.64. The Morgan fingerprint density at radius 3 is 2.81 bits per heavy atom. The first kappa shape index (κ1) is 18.9. The third-order valence-corrected chi connectivity index (χ3v) is 4.69. The molecule has 0 radical (unpaired) electrons. The summed E-state index contributed by atoms with van der Waals surface area (Å²) < 4.78 is 12.7. The molecule has 0 saturated heterocycles. The molecular weight excluding hydrogens is 344 g/mol. The molecule has 0 spiro atoms. The van der Waals surface area contributed by atoms with Gasteiger partial charge in [-0.1, -0.05) is 13.8 Å². The lowest BCUT2D eigenvalue weighted by Crippen LogP contribution is -2.40. The van der Waals surface area contributed by atoms with Crippen molar-refractivity contribution in [3.63, 3.8) is 0 Å². The Bertz CT molecular complexity index is 842. The van der Waals surface area contributed by atoms with Crippen molar-refractivity contribution in [3.8, 4) is 11.5 Å². The lowest BCUT2D eigenvalue weighted by atomic mass is 10.1. The van der Waals surface area contributed by atoms with Crippen LogP contribution in [0.1, 0.15) is 43.4 Å². The Hall–Kier alpha value is -2.83. The van der Waals surface area contributed by atoms with Crippen molar-refractivity contribution in [1.29, 1.82) is 0 Å². The van der Waals surface area contributed by atoms with Gasteiger partial charge in [0.1, 0.15) is 23.1 Å². The van der Waals surface area contributed by atoms with Crippen molar-refractivity contribution in [1.82, 2.24) is 20.1 Å². The van der Waals surface area contributed by atoms with Gasteiger partial charge in [0.05, 0.1) is 14.2 Å². The number of hydrogen-bond donors (Lipinski definition) is 1. The molecule has 7 nitrogen and oxygen atoms in total. The second-order valence-corrected chi connectivity index (χ2v) is 6.93. The number of aryl methyl sites for hydroxylation is 1. The van der Waals surface area contributed by atoms with Gasteiger partial charge in [0.25, 0.3) is 0 Å². The second-order valence-electron chi connectivity index (χ2n) is 6.93. The molecule has 0 aliphatic carbocycles. The van der Waals surface area contributed by atoms with E-state index in [2.05, 4.69) is 33.9 Å². The van der Waals surface area contributed by atoms with Crippen LogP contribution in [0.15, 0.2) is 24.3 Å². The molecule has 1 aromatic heterocycles. The van der Waals surface area contributed by atoms with Gasteiger partial charge in [-0.25, -0.2) is 0 Å². The van der Waals surface area contributed by atoms with E-state index >= 15 is 0 Å². The fourth-order valence-electron chi connectivity index (χ4n) is 3.26. The van der Waals surface area contributed by atoms with E-state index in [-0.39, 0.29) is 11.9 Å². The van der Waals surface area contributed by atoms with E-state index in [0.29, 0.717) is 24.0 Å². The van der Waals surface area contributed by atoms with Crippen LogP contribution in [-0.2, 0) is 17.8 Å². The average molecular weight is 370 g/mol. The fourth-order valence-corrected chi connectivity index (χ4v) is 3.26. The smallest absolute Gasteiger partial charge is 0.244 e. The molecule has 0 saturated carbocycles. The van der Waals surface area contributed by atoms with Gasteiger partial charge >= 0.3 is 0 Å². The summed E-state index contributed by atoms with van der Waals surface area (Å²) in [5.41, 5.74) is 0.820. The molecule has 1 aromatic carbocycles. The Morgan fingerprint density at radius 1 is 1.30 bits per heavy atom. The highest BCUT2D eigenvalue weighted by Gasteiger charge is 2.24. The van der Waals surface area contributed by atoms with Gasteiger partial charge in [0, 0.05) is 42.6 Å². The van der Waals surface area contributed by atoms with Crippen molar-refractivity contribution >= 4 is 12.0 Å². The number of amides is 1. The number of methoxy groups -OCH3 is 2. The summed E-state index contributed by atoms with van der Waals surface area (Å²) >= 11 is 0. The third-order valence-electron chi connectivity index (χ3n) is 4.69. The highest BCUT2D eigenvalue weighted by Crippen LogP contribution is 2.25. The largest absolute Gasteiger partial charge is 0.497 e. The monoisotopic (exact) mass is 370 g/mol. The van der Waals surface area contributed by atoms with Crippen LogP contribution in [-0.4, -0.2) is 40.9 Å². The number of hydrogen-bond acceptors (Lipinski definition) is 5. The maximum atomic E-state index is 12.4. The Labute approximate surface area is 159 Å². The summed E-state index contributed by atoms with van der Waals surface area (Å²) in [5, 5.41) is 11.6. The topological polar surface area (TPSA) is 78.3 Å². The zero-order valence-corrected chi connectivity index (χ0v) is 16.2. The van der Waals surface area contributed by atoms with Crippen molar-refractivity contribution in [2.24, 2.45) is 0 Å². The van der Waals surface area contributed by atoms with Gasteiger partial charge in [0.15, 0.2) is 0 Å². The number of ether oxygens (including phenoxy) is 2. The third kappa shape index (κ3) is 4.30. The summed E-state index contributed by atoms with van der Waals surface area (Å²) in [6.07, 6.45) is 4.97. The summed E-state index contributed by atoms with van der Waals surface area (Å²) in [5.74, 6) is 3.53. The minimum absolute atomic E-state index is 0.0703. The summed E-state index contributed by atoms with van der Waals surface area (Å²) in [4.78, 5) is 12.4. The molecule has 1 amide bonds. The number of carbonyl (C=O) groups is 1. The highest BCUT2D eigenvalue weighted by atomic mass is 16.5. The van der Waals surface area contributed by atoms with Gasteiger partial charge < -0.3 is 19.4 Å². The van der Waals surface area contributed by atoms with E-state index in [1.54, 1.807) is 26.4 Å². The van der Waals surface area contributed by atoms with Gasteiger partial charge in [-0.3, -0.25) is 4.79 Å². The molecule has 0 fully saturated rings. The number of nitrogens with zero attached hydrogens (tertiary/aromatic N) is 3. The number of nitrogens with one attached hydrogen (secondary N) is 1. The zero-order chi connectivity index (χ0) is 19.4. The molecular formula is C20H26N4O3. The predicted octanol–water partition coefficient (Wildman–Crippen LogP) is 2.56. The first-order chi connectivity index (χ1) is 13.0. The Kier molecular flexibility index (Phi) is 5.78. The molecule has 27 heavy (non-hydrogen) atoms. The fraction of sp³-hybridized carbons (Fsp3) is 0.450. The molecule has 2 aromatic rings. The van der Waals surface area contributed by atoms with Crippen LogP contribution >= 0.6 is 0 Å². The van der Waals surface area contributed by atoms with Crippen LogP contribution in [0.2, 0.25) is 0 Å². The van der Waals surface area contributed by atoms with E-state index in [1.807, 2.05) is 12.1 Å². The number of carbonyl (C=O) groups excluding carboxylic acids is 1. The van der Waals surface area contributed by atoms with Crippen LogP contribution in [0.25, 0.3) is 6.08 Å². The first-order valence-corrected chi connectivity index (χ1v) is 9.14. The zero-order valence-electron chi connectivity index (χ0n) is 16.2. The van der Waals surface area contributed by atoms with Crippen molar-refractivity contribution < 1.29 is 14.3 Å². The Morgan fingerprint density at radius 2 is 2.11 bits per heavy atom. The van der Waals surface area contributed by atoms with Gasteiger partial charge in [-0.2, -0.15) is 0 Å². The van der Waals surface area contributed by atoms with E-state index in [1.165, 1.54) is 6.08 Å². The maximum Gasteiger partial charge on any atom is 0.244 e. The minimum Gasteiger partial charge on any atom is -0.497 e. The number of rotatable bonds is 6. The van der Waals surface area contributed by atoms with E-state index in [0.717, 1.165) is 30.1 Å². The van der Waals surface area contributed by atoms with Crippen molar-refractivity contribution in [2.45, 2.75) is 45.2 Å². The lowest BCUT2D eigenvalue weighted by molar-refractivity contribution is -0.117. The van der Waals surface area contributed by atoms with E-state index in [9.17, 15) is 4.79 Å². The highest BCUT2D eigenvalue weighted by molar-refractivity contribution is 5.92. The van der Waals surface area contributed by atoms with Crippen LogP contribution in [0.4, 0.5) is 0 Å². The lowest BCUT2D eigenvalue weighted by Gasteiger charge is -2.25. The van der Waals surface area contributed by atoms with E-state index in [4.69, 9.17) is 9.47 Å². The quantitative estimate of drug-likeness (QED) is 0.791. The first-order valence-electron chi connectivity index (χ1n) is 9.14. The number of fused-ring (bicyclic) bond motifs is 1. The van der Waals surface area contributed by atoms with Crippen LogP contribution in [0, 0.1) is 0 Å². The molecule has 1 atom stereocenters. The average Bonchev–Trinajstić information content (AvgIpc) is 3.09. The molecule has 0 unspecified atom stereocenters. The molecule has 1 N–H and O–H groups in total. The summed E-state index contributed by atoms with van der Waals surface area (Å²) in [6.45, 7) is 4.91. The number of benzene rings is 1. The van der Waals surface area contributed by atoms with Gasteiger partial charge in [-0.05, 0) is 24.6 Å². The minimum atomic E-state index is -0.125. The van der Waals surface area contributed by atoms with Crippen molar-refractivity contribution in [2.75, 3.05) is 14.2 Å². The number of aromatic nitrogens is 3. The van der Waals surface area contributed by atoms with Gasteiger partial charge in [0.2, 0.25) is 5.91 Å². The normalized spacial score (nSPS) is 16.4. The second kappa shape index (κ2) is 8.24. The molecule has 144 valence electrons. The van der Waals surface area contributed by atoms with Crippen molar-refractivity contribution in [3.05, 3.63) is 41.5 Å². The summed E-state index contributed by atoms with van der Waals surface area (Å²) in [7, 11) is 3.20. The molecule has 3 rings (SSSR count). The maximum absolute atomic E-state index is 12.4. The SMILES string of the molecule is COc1ccc(/C=C/C(=O)N[C@@H]2CCc3nnc(C(C)C)n3C2)c(OC)c1. The molecule has 2 heterocycles. The van der Waals surface area contributed by atoms with Crippen LogP contribution in [0.3, 0.4) is 0 Å². The summed E-state index contributed by atoms with van der Waals surface area (Å²) in [6, 6.07) is 5.56. The van der Waals surface area contributed by atoms with Crippen LogP contribution < -0.4 is 14.8 Å². The van der Waals surface area contributed by atoms with Gasteiger partial charge in [-0.15, -0.1) is 10.2 Å². The standard InChI is InChI=1S/C20H26N4O3/c1-13(2)20-23-22-18-9-7-15(12-24(18)20)21-19(25)10-6-14-5-8-16(26-3)11-17(14)27-4/h5-6,8,10-11,13,15H,7,9,12H2,1-4H3,(H,21,25)/b10-6+/t15-/m1/s1. The molecule has 0 bridgehead atoms. The van der Waals surface area contributed by atoms with Crippen LogP contribution in [0.5, 0.6) is 11.5 Å². The molecule has 7 heteroatoms. The molecule has 1 aliphatic heterocycles.